The van der Waals surface area contributed by atoms with Crippen LogP contribution >= 0.6 is 0 Å². The fraction of sp³-hybridized carbons (Fsp3) is 0.583. The first-order chi connectivity index (χ1) is 7.58. The Kier molecular flexibility index (Phi) is 4.55. The zero-order valence-electron chi connectivity index (χ0n) is 9.99. The van der Waals surface area contributed by atoms with Crippen LogP contribution in [0.25, 0.3) is 0 Å². The molecular weight excluding hydrogens is 206 g/mol. The average Bonchev–Trinajstić information content (AvgIpc) is 2.73. The zero-order chi connectivity index (χ0) is 12.1. The van der Waals surface area contributed by atoms with Crippen LogP contribution in [0.15, 0.2) is 16.5 Å². The van der Waals surface area contributed by atoms with E-state index in [1.807, 2.05) is 20.8 Å². The van der Waals surface area contributed by atoms with E-state index in [0.29, 0.717) is 5.76 Å². The molecule has 0 aliphatic heterocycles. The molecule has 0 aliphatic carbocycles. The van der Waals surface area contributed by atoms with Gasteiger partial charge in [-0.1, -0.05) is 20.8 Å². The zero-order valence-corrected chi connectivity index (χ0v) is 9.99. The van der Waals surface area contributed by atoms with E-state index in [1.165, 1.54) is 0 Å². The summed E-state index contributed by atoms with van der Waals surface area (Å²) in [6, 6.07) is 3.21. The van der Waals surface area contributed by atoms with Gasteiger partial charge in [-0.15, -0.1) is 0 Å². The number of aryl methyl sites for hydroxylation is 1. The van der Waals surface area contributed by atoms with E-state index in [-0.39, 0.29) is 24.5 Å². The van der Waals surface area contributed by atoms with Gasteiger partial charge in [0.15, 0.2) is 5.76 Å². The predicted octanol–water partition coefficient (Wildman–Crippen LogP) is 1.59. The van der Waals surface area contributed by atoms with Crippen LogP contribution in [0.2, 0.25) is 0 Å². The molecule has 4 nitrogen and oxygen atoms in total. The van der Waals surface area contributed by atoms with Gasteiger partial charge in [-0.25, -0.2) is 0 Å². The lowest BCUT2D eigenvalue weighted by Crippen LogP contribution is -2.40. The van der Waals surface area contributed by atoms with E-state index in [0.717, 1.165) is 12.2 Å². The van der Waals surface area contributed by atoms with E-state index in [1.54, 1.807) is 12.1 Å². The van der Waals surface area contributed by atoms with Crippen molar-refractivity contribution in [3.8, 4) is 0 Å². The van der Waals surface area contributed by atoms with Gasteiger partial charge in [-0.2, -0.15) is 0 Å². The number of aliphatic hydroxyl groups is 1. The van der Waals surface area contributed by atoms with E-state index in [9.17, 15) is 4.79 Å². The number of amides is 1. The fourth-order valence-electron chi connectivity index (χ4n) is 1.35. The molecule has 90 valence electrons. The Balaban J connectivity index is 2.64. The van der Waals surface area contributed by atoms with E-state index < -0.39 is 0 Å². The Labute approximate surface area is 95.7 Å². The van der Waals surface area contributed by atoms with Gasteiger partial charge in [-0.05, 0) is 18.1 Å². The molecule has 16 heavy (non-hydrogen) atoms. The summed E-state index contributed by atoms with van der Waals surface area (Å²) in [5.74, 6) is 1.01. The third kappa shape index (κ3) is 3.10. The molecule has 1 aromatic heterocycles. The quantitative estimate of drug-likeness (QED) is 0.800. The SMILES string of the molecule is CCc1ccc(C(=O)N[C@H](CO)C(C)C)o1. The largest absolute Gasteiger partial charge is 0.456 e. The van der Waals surface area contributed by atoms with Gasteiger partial charge in [0, 0.05) is 6.42 Å². The molecule has 0 aromatic carbocycles. The van der Waals surface area contributed by atoms with Crippen LogP contribution < -0.4 is 5.32 Å². The first-order valence-electron chi connectivity index (χ1n) is 5.58. The highest BCUT2D eigenvalue weighted by atomic mass is 16.3. The first kappa shape index (κ1) is 12.8. The van der Waals surface area contributed by atoms with Crippen molar-refractivity contribution >= 4 is 5.91 Å². The second kappa shape index (κ2) is 5.70. The molecule has 1 rings (SSSR count). The van der Waals surface area contributed by atoms with Crippen LogP contribution in [0.1, 0.15) is 37.1 Å². The van der Waals surface area contributed by atoms with Gasteiger partial charge in [0.05, 0.1) is 12.6 Å². The van der Waals surface area contributed by atoms with Crippen molar-refractivity contribution in [1.29, 1.82) is 0 Å². The monoisotopic (exact) mass is 225 g/mol. The molecule has 2 N–H and O–H groups in total. The minimum atomic E-state index is -0.271. The summed E-state index contributed by atoms with van der Waals surface area (Å²) >= 11 is 0. The number of carbonyl (C=O) groups is 1. The fourth-order valence-corrected chi connectivity index (χ4v) is 1.35. The van der Waals surface area contributed by atoms with Gasteiger partial charge in [0.25, 0.3) is 5.91 Å². The van der Waals surface area contributed by atoms with Gasteiger partial charge in [0.2, 0.25) is 0 Å². The molecule has 4 heteroatoms. The second-order valence-electron chi connectivity index (χ2n) is 4.13. The predicted molar refractivity (Wildman–Crippen MR) is 61.3 cm³/mol. The Morgan fingerprint density at radius 1 is 1.50 bits per heavy atom. The summed E-state index contributed by atoms with van der Waals surface area (Å²) in [4.78, 5) is 11.7. The highest BCUT2D eigenvalue weighted by Gasteiger charge is 2.18. The van der Waals surface area contributed by atoms with Gasteiger partial charge in [-0.3, -0.25) is 4.79 Å². The number of hydrogen-bond acceptors (Lipinski definition) is 3. The van der Waals surface area contributed by atoms with Crippen LogP contribution in [0.5, 0.6) is 0 Å². The Morgan fingerprint density at radius 2 is 2.19 bits per heavy atom. The smallest absolute Gasteiger partial charge is 0.287 e. The lowest BCUT2D eigenvalue weighted by molar-refractivity contribution is 0.0867. The molecule has 0 unspecified atom stereocenters. The second-order valence-corrected chi connectivity index (χ2v) is 4.13. The van der Waals surface area contributed by atoms with E-state index in [4.69, 9.17) is 9.52 Å². The standard InChI is InChI=1S/C12H19NO3/c1-4-9-5-6-11(16-9)12(15)13-10(7-14)8(2)3/h5-6,8,10,14H,4,7H2,1-3H3,(H,13,15)/t10-/m1/s1. The van der Waals surface area contributed by atoms with Crippen LogP contribution in [-0.4, -0.2) is 23.7 Å². The topological polar surface area (TPSA) is 62.5 Å². The van der Waals surface area contributed by atoms with Crippen molar-refractivity contribution in [3.05, 3.63) is 23.7 Å². The summed E-state index contributed by atoms with van der Waals surface area (Å²) in [6.45, 7) is 5.79. The molecule has 1 atom stereocenters. The first-order valence-corrected chi connectivity index (χ1v) is 5.58. The maximum Gasteiger partial charge on any atom is 0.287 e. The molecule has 1 heterocycles. The number of rotatable bonds is 5. The van der Waals surface area contributed by atoms with Crippen LogP contribution in [0.3, 0.4) is 0 Å². The lowest BCUT2D eigenvalue weighted by atomic mass is 10.1. The average molecular weight is 225 g/mol. The third-order valence-corrected chi connectivity index (χ3v) is 2.55. The van der Waals surface area contributed by atoms with Crippen LogP contribution in [0.4, 0.5) is 0 Å². The maximum absolute atomic E-state index is 11.7. The number of nitrogens with one attached hydrogen (secondary N) is 1. The van der Waals surface area contributed by atoms with Crippen LogP contribution in [0, 0.1) is 5.92 Å². The van der Waals surface area contributed by atoms with Gasteiger partial charge >= 0.3 is 0 Å². The third-order valence-electron chi connectivity index (χ3n) is 2.55. The minimum absolute atomic E-state index is 0.0647. The van der Waals surface area contributed by atoms with Gasteiger partial charge < -0.3 is 14.8 Å². The molecule has 0 bridgehead atoms. The number of furan rings is 1. The summed E-state index contributed by atoms with van der Waals surface area (Å²) in [5, 5.41) is 11.8. The molecule has 1 aromatic rings. The van der Waals surface area contributed by atoms with Crippen molar-refractivity contribution in [2.45, 2.75) is 33.2 Å². The van der Waals surface area contributed by atoms with E-state index >= 15 is 0 Å². The molecular formula is C12H19NO3. The highest BCUT2D eigenvalue weighted by Crippen LogP contribution is 2.09. The maximum atomic E-state index is 11.7. The van der Waals surface area contributed by atoms with Crippen molar-refractivity contribution in [1.82, 2.24) is 5.32 Å². The van der Waals surface area contributed by atoms with Crippen LogP contribution in [-0.2, 0) is 6.42 Å². The van der Waals surface area contributed by atoms with Crippen molar-refractivity contribution in [2.24, 2.45) is 5.92 Å². The van der Waals surface area contributed by atoms with E-state index in [2.05, 4.69) is 5.32 Å². The lowest BCUT2D eigenvalue weighted by Gasteiger charge is -2.18. The number of hydrogen-bond donors (Lipinski definition) is 2. The molecule has 0 aliphatic rings. The normalized spacial score (nSPS) is 12.8. The van der Waals surface area contributed by atoms with Crippen molar-refractivity contribution in [3.63, 3.8) is 0 Å². The summed E-state index contributed by atoms with van der Waals surface area (Å²) in [7, 11) is 0. The van der Waals surface area contributed by atoms with Gasteiger partial charge in [0.1, 0.15) is 5.76 Å². The Hall–Kier alpha value is -1.29. The highest BCUT2D eigenvalue weighted by molar-refractivity contribution is 5.91. The number of carbonyl (C=O) groups excluding carboxylic acids is 1. The molecule has 0 spiro atoms. The molecule has 0 saturated carbocycles. The molecule has 0 radical (unpaired) electrons. The Bertz CT molecular complexity index is 344. The summed E-state index contributed by atoms with van der Waals surface area (Å²) < 4.78 is 5.33. The summed E-state index contributed by atoms with van der Waals surface area (Å²) in [5.41, 5.74) is 0. The number of aliphatic hydroxyl groups excluding tert-OH is 1. The molecule has 1 amide bonds. The minimum Gasteiger partial charge on any atom is -0.456 e. The molecule has 0 fully saturated rings. The molecule has 0 saturated heterocycles. The van der Waals surface area contributed by atoms with Crippen molar-refractivity contribution in [2.75, 3.05) is 6.61 Å². The van der Waals surface area contributed by atoms with Crippen molar-refractivity contribution < 1.29 is 14.3 Å². The Morgan fingerprint density at radius 3 is 2.62 bits per heavy atom. The summed E-state index contributed by atoms with van der Waals surface area (Å²) in [6.07, 6.45) is 0.765.